The van der Waals surface area contributed by atoms with E-state index in [1.54, 1.807) is 0 Å². The summed E-state index contributed by atoms with van der Waals surface area (Å²) in [6.07, 6.45) is 68.3. The highest BCUT2D eigenvalue weighted by atomic mass is 16.5. The number of benzene rings is 1. The van der Waals surface area contributed by atoms with E-state index in [1.807, 2.05) is 30.3 Å². The molecule has 58 heavy (non-hydrogen) atoms. The number of unbranched alkanes of at least 4 members (excludes halogenated alkanes) is 46. The van der Waals surface area contributed by atoms with Crippen molar-refractivity contribution in [3.63, 3.8) is 0 Å². The molecule has 1 rings (SSSR count). The van der Waals surface area contributed by atoms with E-state index < -0.39 is 0 Å². The van der Waals surface area contributed by atoms with E-state index in [0.29, 0.717) is 12.2 Å². The van der Waals surface area contributed by atoms with E-state index in [2.05, 4.69) is 6.92 Å². The van der Waals surface area contributed by atoms with Gasteiger partial charge in [-0.25, -0.2) is 0 Å². The molecule has 0 atom stereocenters. The number of para-hydroxylation sites is 1. The second-order valence-corrected chi connectivity index (χ2v) is 18.8. The Bertz CT molecular complexity index is 895. The lowest BCUT2D eigenvalue weighted by Gasteiger charge is -2.05. The van der Waals surface area contributed by atoms with E-state index >= 15 is 0 Å². The van der Waals surface area contributed by atoms with Crippen LogP contribution in [0.15, 0.2) is 30.3 Å². The average Bonchev–Trinajstić information content (AvgIpc) is 3.23. The summed E-state index contributed by atoms with van der Waals surface area (Å²) in [6.45, 7) is 2.31. The molecule has 1 aromatic rings. The molecule has 0 aromatic heterocycles. The molecule has 0 spiro atoms. The van der Waals surface area contributed by atoms with Crippen LogP contribution in [0.25, 0.3) is 0 Å². The molecule has 340 valence electrons. The molecule has 0 aliphatic carbocycles. The Hall–Kier alpha value is -1.31. The minimum absolute atomic E-state index is 0.0986. The van der Waals surface area contributed by atoms with Gasteiger partial charge in [0.2, 0.25) is 0 Å². The summed E-state index contributed by atoms with van der Waals surface area (Å²) in [5.74, 6) is 0.559. The van der Waals surface area contributed by atoms with E-state index in [4.69, 9.17) is 4.74 Å². The van der Waals surface area contributed by atoms with Crippen LogP contribution in [0.2, 0.25) is 0 Å². The molecule has 0 fully saturated rings. The van der Waals surface area contributed by atoms with Gasteiger partial charge in [-0.1, -0.05) is 320 Å². The topological polar surface area (TPSA) is 26.3 Å². The molecule has 0 bridgehead atoms. The summed E-state index contributed by atoms with van der Waals surface area (Å²) in [5, 5.41) is 0. The van der Waals surface area contributed by atoms with Crippen LogP contribution in [-0.2, 0) is 4.79 Å². The molecule has 1 aromatic carbocycles. The standard InChI is InChI=1S/C56H104O2/c1-2-3-4-5-6-7-8-9-10-11-12-13-14-15-16-17-18-19-20-21-22-23-24-25-26-27-28-29-30-31-32-33-34-35-36-37-38-39-40-41-42-43-44-45-46-47-51-54-56(57)58-55-52-49-48-50-53-55/h48-50,52-53H,2-47,51,54H2,1H3. The average molecular weight is 809 g/mol. The molecule has 0 unspecified atom stereocenters. The van der Waals surface area contributed by atoms with E-state index in [-0.39, 0.29) is 5.97 Å². The monoisotopic (exact) mass is 809 g/mol. The van der Waals surface area contributed by atoms with E-state index in [9.17, 15) is 4.79 Å². The lowest BCUT2D eigenvalue weighted by Crippen LogP contribution is -2.07. The summed E-state index contributed by atoms with van der Waals surface area (Å²) < 4.78 is 5.36. The molecule has 0 radical (unpaired) electrons. The fourth-order valence-electron chi connectivity index (χ4n) is 8.97. The molecule has 0 saturated heterocycles. The van der Waals surface area contributed by atoms with Crippen molar-refractivity contribution in [2.75, 3.05) is 0 Å². The van der Waals surface area contributed by atoms with Crippen molar-refractivity contribution >= 4 is 5.97 Å². The van der Waals surface area contributed by atoms with Gasteiger partial charge in [-0.3, -0.25) is 4.79 Å². The van der Waals surface area contributed by atoms with Gasteiger partial charge in [0.05, 0.1) is 0 Å². The van der Waals surface area contributed by atoms with Gasteiger partial charge in [-0.05, 0) is 18.6 Å². The highest BCUT2D eigenvalue weighted by Crippen LogP contribution is 2.19. The van der Waals surface area contributed by atoms with Gasteiger partial charge < -0.3 is 4.74 Å². The lowest BCUT2D eigenvalue weighted by atomic mass is 10.0. The summed E-state index contributed by atoms with van der Waals surface area (Å²) in [6, 6.07) is 9.41. The van der Waals surface area contributed by atoms with Gasteiger partial charge in [0.25, 0.3) is 0 Å². The summed E-state index contributed by atoms with van der Waals surface area (Å²) >= 11 is 0. The zero-order valence-corrected chi connectivity index (χ0v) is 39.6. The fraction of sp³-hybridized carbons (Fsp3) is 0.875. The van der Waals surface area contributed by atoms with Crippen molar-refractivity contribution in [1.29, 1.82) is 0 Å². The molecule has 0 heterocycles. The van der Waals surface area contributed by atoms with Gasteiger partial charge in [-0.2, -0.15) is 0 Å². The van der Waals surface area contributed by atoms with Gasteiger partial charge in [0.1, 0.15) is 5.75 Å². The molecule has 0 N–H and O–H groups in total. The molecule has 0 aliphatic heterocycles. The number of esters is 1. The minimum Gasteiger partial charge on any atom is -0.427 e. The first-order chi connectivity index (χ1) is 28.8. The van der Waals surface area contributed by atoms with Crippen molar-refractivity contribution < 1.29 is 9.53 Å². The van der Waals surface area contributed by atoms with Crippen LogP contribution in [0, 0.1) is 0 Å². The van der Waals surface area contributed by atoms with Crippen molar-refractivity contribution in [3.8, 4) is 5.75 Å². The maximum absolute atomic E-state index is 11.9. The Labute approximate surface area is 365 Å². The van der Waals surface area contributed by atoms with Crippen molar-refractivity contribution in [3.05, 3.63) is 30.3 Å². The van der Waals surface area contributed by atoms with E-state index in [1.165, 1.54) is 289 Å². The summed E-state index contributed by atoms with van der Waals surface area (Å²) in [5.41, 5.74) is 0. The normalized spacial score (nSPS) is 11.5. The number of rotatable bonds is 49. The summed E-state index contributed by atoms with van der Waals surface area (Å²) in [7, 11) is 0. The van der Waals surface area contributed by atoms with Crippen LogP contribution < -0.4 is 4.74 Å². The van der Waals surface area contributed by atoms with Gasteiger partial charge >= 0.3 is 5.97 Å². The van der Waals surface area contributed by atoms with Crippen LogP contribution in [0.1, 0.15) is 315 Å². The summed E-state index contributed by atoms with van der Waals surface area (Å²) in [4.78, 5) is 11.9. The largest absolute Gasteiger partial charge is 0.427 e. The van der Waals surface area contributed by atoms with Crippen LogP contribution in [0.3, 0.4) is 0 Å². The van der Waals surface area contributed by atoms with Crippen LogP contribution in [0.5, 0.6) is 5.75 Å². The second kappa shape index (κ2) is 48.4. The number of carbonyl (C=O) groups excluding carboxylic acids is 1. The molecule has 0 aliphatic rings. The van der Waals surface area contributed by atoms with Gasteiger partial charge in [-0.15, -0.1) is 0 Å². The Morgan fingerprint density at radius 2 is 0.483 bits per heavy atom. The Kier molecular flexibility index (Phi) is 45.6. The number of ether oxygens (including phenoxy) is 1. The van der Waals surface area contributed by atoms with Crippen LogP contribution >= 0.6 is 0 Å². The van der Waals surface area contributed by atoms with Crippen molar-refractivity contribution in [2.24, 2.45) is 0 Å². The smallest absolute Gasteiger partial charge is 0.311 e. The molecular weight excluding hydrogens is 705 g/mol. The van der Waals surface area contributed by atoms with Crippen molar-refractivity contribution in [1.82, 2.24) is 0 Å². The Balaban J connectivity index is 1.61. The van der Waals surface area contributed by atoms with Crippen LogP contribution in [0.4, 0.5) is 0 Å². The quantitative estimate of drug-likeness (QED) is 0.0372. The number of hydrogen-bond donors (Lipinski definition) is 0. The van der Waals surface area contributed by atoms with Crippen molar-refractivity contribution in [2.45, 2.75) is 315 Å². The highest BCUT2D eigenvalue weighted by molar-refractivity contribution is 5.72. The van der Waals surface area contributed by atoms with Gasteiger partial charge in [0, 0.05) is 6.42 Å². The molecule has 0 saturated carbocycles. The van der Waals surface area contributed by atoms with Crippen LogP contribution in [-0.4, -0.2) is 5.97 Å². The number of hydrogen-bond acceptors (Lipinski definition) is 2. The molecule has 2 nitrogen and oxygen atoms in total. The third-order valence-corrected chi connectivity index (χ3v) is 13.0. The molecule has 2 heteroatoms. The fourth-order valence-corrected chi connectivity index (χ4v) is 8.97. The Morgan fingerprint density at radius 1 is 0.293 bits per heavy atom. The molecule has 0 amide bonds. The molecular formula is C56H104O2. The predicted molar refractivity (Wildman–Crippen MR) is 259 cm³/mol. The Morgan fingerprint density at radius 3 is 0.690 bits per heavy atom. The number of carbonyl (C=O) groups is 1. The minimum atomic E-state index is -0.0986. The third kappa shape index (κ3) is 44.2. The zero-order valence-electron chi connectivity index (χ0n) is 39.6. The maximum atomic E-state index is 11.9. The maximum Gasteiger partial charge on any atom is 0.311 e. The third-order valence-electron chi connectivity index (χ3n) is 13.0. The SMILES string of the molecule is CCCCCCCCCCCCCCCCCCCCCCCCCCCCCCCCCCCCCCCCCCCCCCCCCC(=O)Oc1ccccc1. The lowest BCUT2D eigenvalue weighted by molar-refractivity contribution is -0.134. The predicted octanol–water partition coefficient (Wildman–Crippen LogP) is 20.3. The first kappa shape index (κ1) is 54.7. The van der Waals surface area contributed by atoms with Gasteiger partial charge in [0.15, 0.2) is 0 Å². The van der Waals surface area contributed by atoms with E-state index in [0.717, 1.165) is 12.8 Å². The first-order valence-corrected chi connectivity index (χ1v) is 27.1. The first-order valence-electron chi connectivity index (χ1n) is 27.1. The zero-order chi connectivity index (χ0) is 41.3. The second-order valence-electron chi connectivity index (χ2n) is 18.8. The highest BCUT2D eigenvalue weighted by Gasteiger charge is 2.04.